The second-order valence-electron chi connectivity index (χ2n) is 10.8. The number of amides is 2. The molecule has 7 rings (SSSR count). The van der Waals surface area contributed by atoms with Gasteiger partial charge in [0.05, 0.1) is 18.4 Å². The summed E-state index contributed by atoms with van der Waals surface area (Å²) >= 11 is 1.50. The lowest BCUT2D eigenvalue weighted by molar-refractivity contribution is -0.140. The Morgan fingerprint density at radius 1 is 0.974 bits per heavy atom. The Morgan fingerprint density at radius 2 is 1.79 bits per heavy atom. The number of hydrogen-bond donors (Lipinski definition) is 1. The van der Waals surface area contributed by atoms with E-state index in [9.17, 15) is 24.3 Å². The smallest absolute Gasteiger partial charge is 0.234 e. The number of imide groups is 1. The van der Waals surface area contributed by atoms with Crippen molar-refractivity contribution in [2.45, 2.75) is 32.2 Å². The molecule has 1 aromatic heterocycles. The number of phenolic OH excluding ortho intramolecular Hbond substituents is 1. The molecule has 0 bridgehead atoms. The molecule has 3 aromatic rings. The number of likely N-dealkylation sites (tertiary alicyclic amines) is 1. The van der Waals surface area contributed by atoms with Gasteiger partial charge in [-0.15, -0.1) is 11.3 Å². The van der Waals surface area contributed by atoms with Crippen molar-refractivity contribution < 1.29 is 24.3 Å². The lowest BCUT2D eigenvalue weighted by atomic mass is 9.59. The Balaban J connectivity index is 1.41. The molecule has 2 heterocycles. The Bertz CT molecular complexity index is 1710. The molecule has 1 aliphatic heterocycles. The van der Waals surface area contributed by atoms with E-state index >= 15 is 0 Å². The number of carbonyl (C=O) groups excluding carboxylic acids is 4. The van der Waals surface area contributed by atoms with Gasteiger partial charge in [0.15, 0.2) is 11.6 Å². The van der Waals surface area contributed by atoms with Gasteiger partial charge in [0, 0.05) is 33.1 Å². The van der Waals surface area contributed by atoms with Crippen LogP contribution in [0.25, 0.3) is 10.8 Å². The largest absolute Gasteiger partial charge is 0.508 e. The van der Waals surface area contributed by atoms with Gasteiger partial charge in [0.25, 0.3) is 0 Å². The summed E-state index contributed by atoms with van der Waals surface area (Å²) in [5.74, 6) is -3.02. The molecule has 0 radical (unpaired) electrons. The molecule has 4 atom stereocenters. The highest BCUT2D eigenvalue weighted by atomic mass is 32.1. The highest BCUT2D eigenvalue weighted by Gasteiger charge is 2.56. The number of Topliss-reactive ketones (excluding diaryl/α,β-unsaturated/α-hetero) is 1. The fourth-order valence-electron chi connectivity index (χ4n) is 7.08. The van der Waals surface area contributed by atoms with Crippen LogP contribution in [0.1, 0.15) is 36.1 Å². The summed E-state index contributed by atoms with van der Waals surface area (Å²) in [4.78, 5) is 56.7. The van der Waals surface area contributed by atoms with Crippen molar-refractivity contribution in [1.82, 2.24) is 4.90 Å². The molecule has 1 N–H and O–H groups in total. The van der Waals surface area contributed by atoms with Crippen LogP contribution in [0.2, 0.25) is 0 Å². The van der Waals surface area contributed by atoms with Crippen LogP contribution >= 0.6 is 11.3 Å². The zero-order valence-corrected chi connectivity index (χ0v) is 22.0. The van der Waals surface area contributed by atoms with Crippen molar-refractivity contribution in [2.24, 2.45) is 17.8 Å². The summed E-state index contributed by atoms with van der Waals surface area (Å²) < 4.78 is 0. The first-order chi connectivity index (χ1) is 18.8. The molecule has 6 nitrogen and oxygen atoms in total. The van der Waals surface area contributed by atoms with Crippen LogP contribution in [0.4, 0.5) is 0 Å². The SMILES string of the molecule is CC1=CC(=O)C2=C(C[C@@H]3C(=CC[C@@H]4C(=O)N(Cc5cccs5)C(=O)[C@@H]43)[C@@H]2c2c(O)ccc3ccccc23)C1=O. The third-order valence-corrected chi connectivity index (χ3v) is 9.65. The number of ketones is 2. The minimum Gasteiger partial charge on any atom is -0.508 e. The highest BCUT2D eigenvalue weighted by molar-refractivity contribution is 7.09. The van der Waals surface area contributed by atoms with Crippen LogP contribution in [0.3, 0.4) is 0 Å². The van der Waals surface area contributed by atoms with E-state index in [1.165, 1.54) is 22.3 Å². The molecule has 39 heavy (non-hydrogen) atoms. The molecule has 194 valence electrons. The van der Waals surface area contributed by atoms with Gasteiger partial charge in [-0.1, -0.05) is 48.0 Å². The molecule has 2 amide bonds. The van der Waals surface area contributed by atoms with Gasteiger partial charge in [-0.3, -0.25) is 24.1 Å². The number of nitrogens with zero attached hydrogens (tertiary/aromatic N) is 1. The number of allylic oxidation sites excluding steroid dienone is 6. The molecule has 4 aliphatic rings. The van der Waals surface area contributed by atoms with E-state index in [0.29, 0.717) is 28.7 Å². The number of rotatable bonds is 3. The summed E-state index contributed by atoms with van der Waals surface area (Å²) in [5.41, 5.74) is 2.56. The van der Waals surface area contributed by atoms with Crippen molar-refractivity contribution in [3.63, 3.8) is 0 Å². The zero-order valence-electron chi connectivity index (χ0n) is 21.2. The van der Waals surface area contributed by atoms with Crippen LogP contribution < -0.4 is 0 Å². The number of hydrogen-bond acceptors (Lipinski definition) is 6. The van der Waals surface area contributed by atoms with Crippen molar-refractivity contribution in [3.8, 4) is 5.75 Å². The van der Waals surface area contributed by atoms with E-state index < -0.39 is 23.7 Å². The highest BCUT2D eigenvalue weighted by Crippen LogP contribution is 2.57. The van der Waals surface area contributed by atoms with E-state index in [0.717, 1.165) is 21.2 Å². The van der Waals surface area contributed by atoms with Crippen molar-refractivity contribution >= 4 is 45.5 Å². The van der Waals surface area contributed by atoms with Gasteiger partial charge in [-0.05, 0) is 60.0 Å². The minimum atomic E-state index is -0.680. The van der Waals surface area contributed by atoms with Gasteiger partial charge in [-0.2, -0.15) is 0 Å². The summed E-state index contributed by atoms with van der Waals surface area (Å²) in [6, 6.07) is 14.9. The Morgan fingerprint density at radius 3 is 2.59 bits per heavy atom. The summed E-state index contributed by atoms with van der Waals surface area (Å²) in [6.07, 6.45) is 3.98. The number of aromatic hydroxyl groups is 1. The molecule has 1 saturated heterocycles. The first-order valence-corrected chi connectivity index (χ1v) is 14.0. The van der Waals surface area contributed by atoms with E-state index in [1.807, 2.05) is 53.9 Å². The van der Waals surface area contributed by atoms with Gasteiger partial charge in [-0.25, -0.2) is 0 Å². The van der Waals surface area contributed by atoms with Crippen LogP contribution in [0.15, 0.2) is 88.4 Å². The number of phenols is 1. The summed E-state index contributed by atoms with van der Waals surface area (Å²) in [6.45, 7) is 1.88. The molecular formula is C32H25NO5S. The molecular weight excluding hydrogens is 510 g/mol. The average Bonchev–Trinajstić information content (AvgIpc) is 3.53. The lowest BCUT2D eigenvalue weighted by Crippen LogP contribution is -2.39. The zero-order chi connectivity index (χ0) is 27.0. The molecule has 1 fully saturated rings. The van der Waals surface area contributed by atoms with Crippen LogP contribution in [-0.2, 0) is 25.7 Å². The maximum absolute atomic E-state index is 13.9. The second kappa shape index (κ2) is 8.71. The fraction of sp³-hybridized carbons (Fsp3) is 0.250. The van der Waals surface area contributed by atoms with Crippen LogP contribution in [-0.4, -0.2) is 33.4 Å². The molecule has 0 unspecified atom stereocenters. The second-order valence-corrected chi connectivity index (χ2v) is 11.8. The van der Waals surface area contributed by atoms with E-state index in [4.69, 9.17) is 0 Å². The van der Waals surface area contributed by atoms with Gasteiger partial charge < -0.3 is 5.11 Å². The molecule has 7 heteroatoms. The molecule has 0 saturated carbocycles. The van der Waals surface area contributed by atoms with Crippen molar-refractivity contribution in [3.05, 3.63) is 98.8 Å². The maximum Gasteiger partial charge on any atom is 0.234 e. The third kappa shape index (κ3) is 3.46. The van der Waals surface area contributed by atoms with Crippen molar-refractivity contribution in [1.29, 1.82) is 0 Å². The molecule has 0 spiro atoms. The molecule has 2 aromatic carbocycles. The van der Waals surface area contributed by atoms with Gasteiger partial charge in [0.1, 0.15) is 5.75 Å². The lowest BCUT2D eigenvalue weighted by Gasteiger charge is -2.42. The van der Waals surface area contributed by atoms with E-state index in [1.54, 1.807) is 13.0 Å². The van der Waals surface area contributed by atoms with Gasteiger partial charge in [0.2, 0.25) is 11.8 Å². The average molecular weight is 536 g/mol. The monoisotopic (exact) mass is 535 g/mol. The topological polar surface area (TPSA) is 91.8 Å². The Kier molecular flexibility index (Phi) is 5.36. The first-order valence-electron chi connectivity index (χ1n) is 13.1. The Hall–Kier alpha value is -4.10. The normalized spacial score (nSPS) is 26.4. The third-order valence-electron chi connectivity index (χ3n) is 8.78. The predicted molar refractivity (Wildman–Crippen MR) is 147 cm³/mol. The number of benzene rings is 2. The number of carbonyl (C=O) groups is 4. The quantitative estimate of drug-likeness (QED) is 0.282. The summed E-state index contributed by atoms with van der Waals surface area (Å²) in [7, 11) is 0. The van der Waals surface area contributed by atoms with Crippen LogP contribution in [0, 0.1) is 17.8 Å². The van der Waals surface area contributed by atoms with Gasteiger partial charge >= 0.3 is 0 Å². The Labute approximate surface area is 228 Å². The summed E-state index contributed by atoms with van der Waals surface area (Å²) in [5, 5.41) is 14.8. The number of fused-ring (bicyclic) bond motifs is 4. The van der Waals surface area contributed by atoms with E-state index in [-0.39, 0.29) is 42.1 Å². The van der Waals surface area contributed by atoms with E-state index in [2.05, 4.69) is 0 Å². The number of thiophene rings is 1. The standard InChI is InChI=1S/C32H25NO5S/c1-16-13-25(35)28-23(30(16)36)14-22-20(29(28)27-19-7-3-2-5-17(19)8-11-24(27)34)9-10-21-26(22)32(38)33(31(21)37)15-18-6-4-12-39-18/h2-9,11-13,21-22,26,29,34H,10,14-15H2,1H3/t21-,22+,26-,29+/m0/s1. The predicted octanol–water partition coefficient (Wildman–Crippen LogP) is 5.24. The van der Waals surface area contributed by atoms with Crippen LogP contribution in [0.5, 0.6) is 5.75 Å². The first kappa shape index (κ1) is 24.0. The van der Waals surface area contributed by atoms with Crippen molar-refractivity contribution in [2.75, 3.05) is 0 Å². The fourth-order valence-corrected chi connectivity index (χ4v) is 7.77. The molecule has 3 aliphatic carbocycles. The minimum absolute atomic E-state index is 0.0360. The maximum atomic E-state index is 13.9.